The Kier molecular flexibility index (Phi) is 6.83. The smallest absolute Gasteiger partial charge is 0.216 e. The first-order valence-electron chi connectivity index (χ1n) is 8.48. The van der Waals surface area contributed by atoms with Crippen molar-refractivity contribution in [3.63, 3.8) is 0 Å². The van der Waals surface area contributed by atoms with Crippen LogP contribution in [0.25, 0.3) is 0 Å². The van der Waals surface area contributed by atoms with E-state index < -0.39 is 0 Å². The Morgan fingerprint density at radius 2 is 1.93 bits per heavy atom. The fourth-order valence-electron chi connectivity index (χ4n) is 2.46. The summed E-state index contributed by atoms with van der Waals surface area (Å²) in [4.78, 5) is 8.61. The number of aromatic amines is 1. The van der Waals surface area contributed by atoms with E-state index in [9.17, 15) is 0 Å². The largest absolute Gasteiger partial charge is 0.493 e. The fourth-order valence-corrected chi connectivity index (χ4v) is 3.45. The van der Waals surface area contributed by atoms with Crippen LogP contribution in [0.5, 0.6) is 17.2 Å². The van der Waals surface area contributed by atoms with Crippen LogP contribution in [0.4, 0.5) is 0 Å². The summed E-state index contributed by atoms with van der Waals surface area (Å²) in [7, 11) is 4.68. The molecular formula is C18H20N6O3S2. The molecule has 0 fully saturated rings. The maximum absolute atomic E-state index is 5.37. The molecule has 0 radical (unpaired) electrons. The lowest BCUT2D eigenvalue weighted by Crippen LogP contribution is -2.00. The second-order valence-electron chi connectivity index (χ2n) is 5.73. The molecule has 0 saturated carbocycles. The number of hydrogen-bond donors (Lipinski definition) is 1. The summed E-state index contributed by atoms with van der Waals surface area (Å²) < 4.78 is 18.0. The van der Waals surface area contributed by atoms with Gasteiger partial charge in [-0.15, -0.1) is 0 Å². The molecule has 11 heteroatoms. The molecule has 1 N–H and O–H groups in total. The van der Waals surface area contributed by atoms with E-state index in [1.165, 1.54) is 11.8 Å². The first-order chi connectivity index (χ1) is 14.0. The number of nitrogens with zero attached hydrogens (tertiary/aromatic N) is 5. The average Bonchev–Trinajstić information content (AvgIpc) is 3.09. The topological polar surface area (TPSA) is 99.4 Å². The highest BCUT2D eigenvalue weighted by atomic mass is 32.2. The Balaban J connectivity index is 1.84. The number of thioether (sulfide) groups is 1. The number of hydrogen-bond acceptors (Lipinski definition) is 9. The van der Waals surface area contributed by atoms with Crippen LogP contribution in [0.3, 0.4) is 0 Å². The summed E-state index contributed by atoms with van der Waals surface area (Å²) in [6.07, 6.45) is 3.37. The average molecular weight is 433 g/mol. The molecule has 1 aromatic carbocycles. The van der Waals surface area contributed by atoms with Crippen molar-refractivity contribution < 1.29 is 14.2 Å². The van der Waals surface area contributed by atoms with Gasteiger partial charge in [0.15, 0.2) is 22.5 Å². The van der Waals surface area contributed by atoms with Crippen molar-refractivity contribution in [3.05, 3.63) is 46.2 Å². The Morgan fingerprint density at radius 1 is 1.21 bits per heavy atom. The zero-order chi connectivity index (χ0) is 20.8. The summed E-state index contributed by atoms with van der Waals surface area (Å²) in [6, 6.07) is 5.44. The van der Waals surface area contributed by atoms with Gasteiger partial charge in [0.2, 0.25) is 10.5 Å². The molecule has 0 bridgehead atoms. The fraction of sp³-hybridized carbons (Fsp3) is 0.278. The molecule has 0 spiro atoms. The van der Waals surface area contributed by atoms with Gasteiger partial charge in [-0.25, -0.2) is 9.97 Å². The van der Waals surface area contributed by atoms with Crippen LogP contribution >= 0.6 is 24.0 Å². The molecule has 0 aliphatic rings. The van der Waals surface area contributed by atoms with Crippen molar-refractivity contribution in [3.8, 4) is 17.2 Å². The Morgan fingerprint density at radius 3 is 2.55 bits per heavy atom. The van der Waals surface area contributed by atoms with Crippen molar-refractivity contribution in [1.82, 2.24) is 24.8 Å². The van der Waals surface area contributed by atoms with Crippen LogP contribution in [0.2, 0.25) is 0 Å². The molecular weight excluding hydrogens is 412 g/mol. The van der Waals surface area contributed by atoms with E-state index >= 15 is 0 Å². The van der Waals surface area contributed by atoms with Crippen LogP contribution in [0.15, 0.2) is 34.7 Å². The summed E-state index contributed by atoms with van der Waals surface area (Å²) in [6.45, 7) is 1.92. The second kappa shape index (κ2) is 9.52. The van der Waals surface area contributed by atoms with E-state index in [-0.39, 0.29) is 0 Å². The third kappa shape index (κ3) is 4.93. The Hall–Kier alpha value is -2.92. The van der Waals surface area contributed by atoms with Gasteiger partial charge >= 0.3 is 0 Å². The van der Waals surface area contributed by atoms with Crippen LogP contribution in [0, 0.1) is 11.7 Å². The number of nitrogens with one attached hydrogen (secondary N) is 1. The van der Waals surface area contributed by atoms with Gasteiger partial charge in [0, 0.05) is 17.5 Å². The summed E-state index contributed by atoms with van der Waals surface area (Å²) in [5, 5.41) is 12.1. The molecule has 0 saturated heterocycles. The number of benzene rings is 1. The van der Waals surface area contributed by atoms with Crippen molar-refractivity contribution in [2.75, 3.05) is 21.3 Å². The summed E-state index contributed by atoms with van der Waals surface area (Å²) in [5.74, 6) is 2.74. The van der Waals surface area contributed by atoms with E-state index in [1.54, 1.807) is 50.5 Å². The number of aryl methyl sites for hydroxylation is 1. The minimum absolute atomic E-state index is 0.384. The van der Waals surface area contributed by atoms with Gasteiger partial charge < -0.3 is 14.2 Å². The molecule has 0 aliphatic carbocycles. The highest BCUT2D eigenvalue weighted by Gasteiger charge is 2.13. The molecule has 0 aliphatic heterocycles. The first-order valence-corrected chi connectivity index (χ1v) is 9.88. The van der Waals surface area contributed by atoms with Gasteiger partial charge in [-0.3, -0.25) is 5.10 Å². The minimum atomic E-state index is 0.384. The minimum Gasteiger partial charge on any atom is -0.493 e. The predicted molar refractivity (Wildman–Crippen MR) is 113 cm³/mol. The first kappa shape index (κ1) is 20.8. The third-order valence-electron chi connectivity index (χ3n) is 3.83. The van der Waals surface area contributed by atoms with Gasteiger partial charge in [0.05, 0.1) is 33.3 Å². The van der Waals surface area contributed by atoms with Gasteiger partial charge in [-0.1, -0.05) is 11.8 Å². The number of H-pyrrole nitrogens is 1. The number of rotatable bonds is 8. The molecule has 3 aromatic rings. The summed E-state index contributed by atoms with van der Waals surface area (Å²) >= 11 is 6.75. The summed E-state index contributed by atoms with van der Waals surface area (Å²) in [5.41, 5.74) is 1.66. The quantitative estimate of drug-likeness (QED) is 0.251. The monoisotopic (exact) mass is 432 g/mol. The Labute approximate surface area is 177 Å². The maximum atomic E-state index is 5.37. The number of methoxy groups -OCH3 is 3. The van der Waals surface area contributed by atoms with E-state index in [0.717, 1.165) is 11.3 Å². The lowest BCUT2D eigenvalue weighted by molar-refractivity contribution is 0.324. The third-order valence-corrected chi connectivity index (χ3v) is 4.95. The highest BCUT2D eigenvalue weighted by molar-refractivity contribution is 7.98. The number of ether oxygens (including phenoxy) is 3. The van der Waals surface area contributed by atoms with Crippen LogP contribution in [0.1, 0.15) is 17.1 Å². The molecule has 2 aromatic heterocycles. The number of aromatic nitrogens is 5. The second-order valence-corrected chi connectivity index (χ2v) is 7.06. The highest BCUT2D eigenvalue weighted by Crippen LogP contribution is 2.37. The lowest BCUT2D eigenvalue weighted by atomic mass is 10.2. The van der Waals surface area contributed by atoms with Crippen molar-refractivity contribution in [1.29, 1.82) is 0 Å². The van der Waals surface area contributed by atoms with Crippen LogP contribution in [-0.4, -0.2) is 52.4 Å². The Bertz CT molecular complexity index is 1050. The molecule has 29 heavy (non-hydrogen) atoms. The molecule has 0 atom stereocenters. The van der Waals surface area contributed by atoms with Crippen molar-refractivity contribution >= 4 is 30.2 Å². The van der Waals surface area contributed by atoms with Crippen molar-refractivity contribution in [2.45, 2.75) is 17.8 Å². The van der Waals surface area contributed by atoms with Crippen LogP contribution in [-0.2, 0) is 5.75 Å². The lowest BCUT2D eigenvalue weighted by Gasteiger charge is -2.12. The van der Waals surface area contributed by atoms with E-state index in [4.69, 9.17) is 26.4 Å². The van der Waals surface area contributed by atoms with Crippen molar-refractivity contribution in [2.24, 2.45) is 5.10 Å². The molecule has 152 valence electrons. The van der Waals surface area contributed by atoms with Gasteiger partial charge in [-0.2, -0.15) is 14.9 Å². The van der Waals surface area contributed by atoms with Gasteiger partial charge in [0.1, 0.15) is 0 Å². The zero-order valence-corrected chi connectivity index (χ0v) is 18.0. The van der Waals surface area contributed by atoms with Gasteiger partial charge in [0.25, 0.3) is 0 Å². The molecule has 3 rings (SSSR count). The van der Waals surface area contributed by atoms with E-state index in [2.05, 4.69) is 25.3 Å². The van der Waals surface area contributed by atoms with E-state index in [1.807, 2.05) is 13.0 Å². The normalized spacial score (nSPS) is 11.0. The predicted octanol–water partition coefficient (Wildman–Crippen LogP) is 3.24. The van der Waals surface area contributed by atoms with Crippen LogP contribution < -0.4 is 14.2 Å². The van der Waals surface area contributed by atoms with Gasteiger partial charge in [-0.05, 0) is 37.3 Å². The molecule has 2 heterocycles. The van der Waals surface area contributed by atoms with E-state index in [0.29, 0.717) is 38.8 Å². The molecule has 0 unspecified atom stereocenters. The SMILES string of the molecule is COc1cc(/C=N/n2c(CSc3nccc(C)n3)n[nH]c2=S)cc(OC)c1OC. The molecule has 9 nitrogen and oxygen atoms in total. The maximum Gasteiger partial charge on any atom is 0.216 e. The zero-order valence-electron chi connectivity index (χ0n) is 16.4. The standard InChI is InChI=1S/C18H20N6O3S2/c1-11-5-6-19-17(21-11)29-10-15-22-23-18(28)24(15)20-9-12-7-13(25-2)16(27-4)14(8-12)26-3/h5-9H,10H2,1-4H3,(H,23,28)/b20-9+. The molecule has 0 amide bonds.